The van der Waals surface area contributed by atoms with Crippen molar-refractivity contribution in [2.24, 2.45) is 0 Å². The van der Waals surface area contributed by atoms with Crippen molar-refractivity contribution in [2.75, 3.05) is 0 Å². The van der Waals surface area contributed by atoms with Gasteiger partial charge in [-0.05, 0) is 29.1 Å². The standard InChI is InChI=1S/C19H30Si/c1-15(2)20(16(3)4,17(5)6)14-13-18(7)19-11-9-8-10-12-19/h8-12,15-18H,1-7H3/t18-/m1/s1. The van der Waals surface area contributed by atoms with E-state index in [1.165, 1.54) is 5.56 Å². The van der Waals surface area contributed by atoms with Crippen LogP contribution in [0.3, 0.4) is 0 Å². The van der Waals surface area contributed by atoms with Crippen molar-refractivity contribution >= 4 is 8.07 Å². The predicted molar refractivity (Wildman–Crippen MR) is 93.7 cm³/mol. The van der Waals surface area contributed by atoms with Crippen LogP contribution in [0.25, 0.3) is 0 Å². The molecule has 0 aliphatic heterocycles. The second-order valence-electron chi connectivity index (χ2n) is 6.80. The van der Waals surface area contributed by atoms with Crippen LogP contribution in [-0.4, -0.2) is 8.07 Å². The molecule has 0 N–H and O–H groups in total. The third-order valence-electron chi connectivity index (χ3n) is 4.67. The molecule has 0 saturated heterocycles. The Kier molecular flexibility index (Phi) is 6.08. The van der Waals surface area contributed by atoms with Gasteiger partial charge in [-0.3, -0.25) is 0 Å². The van der Waals surface area contributed by atoms with Crippen LogP contribution in [0.4, 0.5) is 0 Å². The van der Waals surface area contributed by atoms with Crippen LogP contribution in [0.5, 0.6) is 0 Å². The molecule has 0 unspecified atom stereocenters. The molecule has 0 nitrogen and oxygen atoms in total. The molecular weight excluding hydrogens is 256 g/mol. The van der Waals surface area contributed by atoms with Gasteiger partial charge in [0.1, 0.15) is 8.07 Å². The number of benzene rings is 1. The molecule has 0 aromatic heterocycles. The second kappa shape index (κ2) is 7.13. The van der Waals surface area contributed by atoms with Crippen molar-refractivity contribution < 1.29 is 0 Å². The molecule has 0 saturated carbocycles. The van der Waals surface area contributed by atoms with Gasteiger partial charge in [-0.2, -0.15) is 0 Å². The molecule has 0 bridgehead atoms. The van der Waals surface area contributed by atoms with Gasteiger partial charge < -0.3 is 0 Å². The Morgan fingerprint density at radius 2 is 1.20 bits per heavy atom. The molecule has 20 heavy (non-hydrogen) atoms. The lowest BCUT2D eigenvalue weighted by Crippen LogP contribution is -2.43. The van der Waals surface area contributed by atoms with Gasteiger partial charge in [0.2, 0.25) is 0 Å². The zero-order valence-corrected chi connectivity index (χ0v) is 15.2. The molecule has 1 rings (SSSR count). The van der Waals surface area contributed by atoms with Gasteiger partial charge in [-0.25, -0.2) is 0 Å². The normalized spacial score (nSPS) is 13.5. The van der Waals surface area contributed by atoms with Crippen molar-refractivity contribution in [3.8, 4) is 11.5 Å². The minimum absolute atomic E-state index is 0.333. The fourth-order valence-corrected chi connectivity index (χ4v) is 8.82. The lowest BCUT2D eigenvalue weighted by molar-refractivity contribution is 0.837. The quantitative estimate of drug-likeness (QED) is 0.469. The molecule has 0 spiro atoms. The van der Waals surface area contributed by atoms with E-state index in [4.69, 9.17) is 0 Å². The van der Waals surface area contributed by atoms with E-state index in [0.29, 0.717) is 22.5 Å². The fraction of sp³-hybridized carbons (Fsp3) is 0.579. The molecular formula is C19H30Si. The van der Waals surface area contributed by atoms with Crippen molar-refractivity contribution in [3.63, 3.8) is 0 Å². The van der Waals surface area contributed by atoms with Crippen LogP contribution in [0.2, 0.25) is 16.6 Å². The molecule has 0 amide bonds. The Bertz CT molecular complexity index is 438. The van der Waals surface area contributed by atoms with E-state index in [1.54, 1.807) is 0 Å². The molecule has 1 aromatic rings. The van der Waals surface area contributed by atoms with E-state index in [2.05, 4.69) is 90.3 Å². The molecule has 0 fully saturated rings. The Balaban J connectivity index is 3.12. The summed E-state index contributed by atoms with van der Waals surface area (Å²) in [5, 5.41) is 0. The van der Waals surface area contributed by atoms with Crippen molar-refractivity contribution in [3.05, 3.63) is 35.9 Å². The maximum absolute atomic E-state index is 3.82. The van der Waals surface area contributed by atoms with E-state index < -0.39 is 8.07 Å². The van der Waals surface area contributed by atoms with Gasteiger partial charge in [-0.15, -0.1) is 11.5 Å². The summed E-state index contributed by atoms with van der Waals surface area (Å²) in [6, 6.07) is 10.6. The van der Waals surface area contributed by atoms with Crippen LogP contribution in [0.15, 0.2) is 30.3 Å². The Morgan fingerprint density at radius 3 is 1.60 bits per heavy atom. The molecule has 0 radical (unpaired) electrons. The zero-order chi connectivity index (χ0) is 15.3. The fourth-order valence-electron chi connectivity index (χ4n) is 3.49. The van der Waals surface area contributed by atoms with Crippen LogP contribution in [-0.2, 0) is 0 Å². The Morgan fingerprint density at radius 1 is 0.750 bits per heavy atom. The highest BCUT2D eigenvalue weighted by molar-refractivity contribution is 6.90. The minimum atomic E-state index is -1.58. The predicted octanol–water partition coefficient (Wildman–Crippen LogP) is 6.01. The summed E-state index contributed by atoms with van der Waals surface area (Å²) < 4.78 is 0. The summed E-state index contributed by atoms with van der Waals surface area (Å²) in [5.74, 6) is 3.93. The first-order chi connectivity index (χ1) is 9.32. The monoisotopic (exact) mass is 286 g/mol. The average Bonchev–Trinajstić information content (AvgIpc) is 2.38. The molecule has 1 aromatic carbocycles. The van der Waals surface area contributed by atoms with Gasteiger partial charge in [0.15, 0.2) is 0 Å². The van der Waals surface area contributed by atoms with E-state index in [9.17, 15) is 0 Å². The SMILES string of the molecule is CC(C)[Si](C#C[C@@H](C)c1ccccc1)(C(C)C)C(C)C. The van der Waals surface area contributed by atoms with E-state index in [-0.39, 0.29) is 0 Å². The molecule has 0 aliphatic rings. The molecule has 0 heterocycles. The smallest absolute Gasteiger partial charge is 0.130 e. The molecule has 0 aliphatic carbocycles. The van der Waals surface area contributed by atoms with Crippen LogP contribution < -0.4 is 0 Å². The summed E-state index contributed by atoms with van der Waals surface area (Å²) in [6.45, 7) is 16.4. The highest BCUT2D eigenvalue weighted by atomic mass is 28.3. The maximum Gasteiger partial charge on any atom is 0.145 e. The number of hydrogen-bond acceptors (Lipinski definition) is 0. The van der Waals surface area contributed by atoms with Gasteiger partial charge in [0.25, 0.3) is 0 Å². The highest BCUT2D eigenvalue weighted by Crippen LogP contribution is 2.40. The van der Waals surface area contributed by atoms with Crippen LogP contribution in [0.1, 0.15) is 59.9 Å². The van der Waals surface area contributed by atoms with Crippen molar-refractivity contribution in [1.29, 1.82) is 0 Å². The van der Waals surface area contributed by atoms with E-state index >= 15 is 0 Å². The van der Waals surface area contributed by atoms with Gasteiger partial charge >= 0.3 is 0 Å². The van der Waals surface area contributed by atoms with Crippen LogP contribution in [0, 0.1) is 11.5 Å². The topological polar surface area (TPSA) is 0 Å². The molecule has 110 valence electrons. The lowest BCUT2D eigenvalue weighted by Gasteiger charge is -2.38. The molecule has 1 atom stereocenters. The number of hydrogen-bond donors (Lipinski definition) is 0. The van der Waals surface area contributed by atoms with E-state index in [0.717, 1.165) is 0 Å². The first-order valence-corrected chi connectivity index (χ1v) is 10.1. The average molecular weight is 287 g/mol. The van der Waals surface area contributed by atoms with Gasteiger partial charge in [0.05, 0.1) is 0 Å². The highest BCUT2D eigenvalue weighted by Gasteiger charge is 2.41. The Hall–Kier alpha value is -1.00. The third-order valence-corrected chi connectivity index (χ3v) is 11.0. The van der Waals surface area contributed by atoms with Crippen LogP contribution >= 0.6 is 0 Å². The van der Waals surface area contributed by atoms with Gasteiger partial charge in [-0.1, -0.05) is 71.9 Å². The second-order valence-corrected chi connectivity index (χ2v) is 12.4. The summed E-state index contributed by atoms with van der Waals surface area (Å²) in [5.41, 5.74) is 7.27. The third kappa shape index (κ3) is 3.55. The number of rotatable bonds is 4. The summed E-state index contributed by atoms with van der Waals surface area (Å²) in [4.78, 5) is 0. The van der Waals surface area contributed by atoms with Crippen molar-refractivity contribution in [2.45, 2.75) is 71.0 Å². The summed E-state index contributed by atoms with van der Waals surface area (Å²) >= 11 is 0. The zero-order valence-electron chi connectivity index (χ0n) is 14.2. The lowest BCUT2D eigenvalue weighted by atomic mass is 10.0. The van der Waals surface area contributed by atoms with Crippen molar-refractivity contribution in [1.82, 2.24) is 0 Å². The minimum Gasteiger partial charge on any atom is -0.130 e. The summed E-state index contributed by atoms with van der Waals surface area (Å²) in [7, 11) is -1.58. The summed E-state index contributed by atoms with van der Waals surface area (Å²) in [6.07, 6.45) is 0. The maximum atomic E-state index is 3.82. The molecule has 1 heteroatoms. The first kappa shape index (κ1) is 17.0. The van der Waals surface area contributed by atoms with Gasteiger partial charge in [0, 0.05) is 5.92 Å². The first-order valence-electron chi connectivity index (χ1n) is 7.90. The largest absolute Gasteiger partial charge is 0.145 e. The Labute approximate surface area is 127 Å². The van der Waals surface area contributed by atoms with E-state index in [1.807, 2.05) is 0 Å².